The Bertz CT molecular complexity index is 402. The number of carbonyl (C=O) groups is 1. The maximum Gasteiger partial charge on any atom is 0.336 e. The minimum Gasteiger partial charge on any atom is -0.478 e. The Labute approximate surface area is 99.5 Å². The van der Waals surface area contributed by atoms with Gasteiger partial charge < -0.3 is 9.84 Å². The number of unbranched alkanes of at least 4 members (excludes halogenated alkanes) is 1. The second-order valence-corrected chi connectivity index (χ2v) is 3.59. The van der Waals surface area contributed by atoms with Crippen LogP contribution in [0.25, 0.3) is 0 Å². The van der Waals surface area contributed by atoms with E-state index in [1.165, 1.54) is 12.1 Å². The smallest absolute Gasteiger partial charge is 0.336 e. The quantitative estimate of drug-likeness (QED) is 0.586. The van der Waals surface area contributed by atoms with Crippen LogP contribution < -0.4 is 0 Å². The van der Waals surface area contributed by atoms with Crippen LogP contribution in [-0.2, 0) is 11.3 Å². The molecule has 0 bridgehead atoms. The standard InChI is InChI=1S/C13H15FO3/c1-2-3-4-7-17-9-10-8-11(14)5-6-12(10)13(15)16/h2,5-6,8H,1,3-4,7,9H2,(H,15,16). The Morgan fingerprint density at radius 3 is 2.94 bits per heavy atom. The second kappa shape index (κ2) is 6.81. The van der Waals surface area contributed by atoms with E-state index in [1.807, 2.05) is 0 Å². The SMILES string of the molecule is C=CCCCOCc1cc(F)ccc1C(=O)O. The van der Waals surface area contributed by atoms with Crippen molar-refractivity contribution < 1.29 is 19.0 Å². The molecule has 1 aromatic carbocycles. The summed E-state index contributed by atoms with van der Waals surface area (Å²) >= 11 is 0. The van der Waals surface area contributed by atoms with Crippen LogP contribution in [0.2, 0.25) is 0 Å². The average Bonchev–Trinajstić information content (AvgIpc) is 2.28. The van der Waals surface area contributed by atoms with Gasteiger partial charge in [0.25, 0.3) is 0 Å². The number of ether oxygens (including phenoxy) is 1. The molecule has 17 heavy (non-hydrogen) atoms. The van der Waals surface area contributed by atoms with Gasteiger partial charge in [0.05, 0.1) is 12.2 Å². The minimum atomic E-state index is -1.07. The summed E-state index contributed by atoms with van der Waals surface area (Å²) in [5.74, 6) is -1.53. The molecule has 1 rings (SSSR count). The zero-order valence-electron chi connectivity index (χ0n) is 9.49. The van der Waals surface area contributed by atoms with Gasteiger partial charge >= 0.3 is 5.97 Å². The van der Waals surface area contributed by atoms with Crippen LogP contribution in [0.15, 0.2) is 30.9 Å². The van der Waals surface area contributed by atoms with E-state index in [0.717, 1.165) is 18.9 Å². The van der Waals surface area contributed by atoms with Gasteiger partial charge in [-0.2, -0.15) is 0 Å². The number of hydrogen-bond donors (Lipinski definition) is 1. The third kappa shape index (κ3) is 4.36. The van der Waals surface area contributed by atoms with Crippen LogP contribution in [-0.4, -0.2) is 17.7 Å². The van der Waals surface area contributed by atoms with Gasteiger partial charge in [0.1, 0.15) is 5.82 Å². The molecule has 0 aliphatic heterocycles. The zero-order valence-corrected chi connectivity index (χ0v) is 9.49. The lowest BCUT2D eigenvalue weighted by Gasteiger charge is -2.07. The summed E-state index contributed by atoms with van der Waals surface area (Å²) in [6, 6.07) is 3.57. The van der Waals surface area contributed by atoms with Gasteiger partial charge in [-0.1, -0.05) is 6.08 Å². The summed E-state index contributed by atoms with van der Waals surface area (Å²) < 4.78 is 18.3. The number of rotatable bonds is 7. The number of carboxylic acids is 1. The molecule has 0 spiro atoms. The van der Waals surface area contributed by atoms with Crippen molar-refractivity contribution >= 4 is 5.97 Å². The van der Waals surface area contributed by atoms with E-state index >= 15 is 0 Å². The molecular formula is C13H15FO3. The first-order chi connectivity index (χ1) is 8.15. The zero-order chi connectivity index (χ0) is 12.7. The van der Waals surface area contributed by atoms with Gasteiger partial charge in [-0.15, -0.1) is 6.58 Å². The highest BCUT2D eigenvalue weighted by molar-refractivity contribution is 5.89. The maximum atomic E-state index is 13.0. The predicted octanol–water partition coefficient (Wildman–Crippen LogP) is 3.01. The van der Waals surface area contributed by atoms with Crippen molar-refractivity contribution in [1.82, 2.24) is 0 Å². The predicted molar refractivity (Wildman–Crippen MR) is 62.4 cm³/mol. The normalized spacial score (nSPS) is 10.2. The van der Waals surface area contributed by atoms with Crippen molar-refractivity contribution in [1.29, 1.82) is 0 Å². The second-order valence-electron chi connectivity index (χ2n) is 3.59. The monoisotopic (exact) mass is 238 g/mol. The Morgan fingerprint density at radius 1 is 1.53 bits per heavy atom. The van der Waals surface area contributed by atoms with Crippen LogP contribution in [0, 0.1) is 5.82 Å². The van der Waals surface area contributed by atoms with Crippen molar-refractivity contribution in [2.75, 3.05) is 6.61 Å². The molecule has 1 aromatic rings. The Kier molecular flexibility index (Phi) is 5.36. The summed E-state index contributed by atoms with van der Waals surface area (Å²) in [4.78, 5) is 10.9. The van der Waals surface area contributed by atoms with Crippen molar-refractivity contribution in [3.8, 4) is 0 Å². The summed E-state index contributed by atoms with van der Waals surface area (Å²) in [5, 5.41) is 8.91. The molecule has 0 heterocycles. The summed E-state index contributed by atoms with van der Waals surface area (Å²) in [6.07, 6.45) is 3.45. The molecule has 0 unspecified atom stereocenters. The fraction of sp³-hybridized carbons (Fsp3) is 0.308. The molecule has 92 valence electrons. The number of hydrogen-bond acceptors (Lipinski definition) is 2. The first-order valence-electron chi connectivity index (χ1n) is 5.35. The highest BCUT2D eigenvalue weighted by Gasteiger charge is 2.10. The van der Waals surface area contributed by atoms with Gasteiger partial charge in [0, 0.05) is 6.61 Å². The van der Waals surface area contributed by atoms with E-state index < -0.39 is 11.8 Å². The van der Waals surface area contributed by atoms with E-state index in [1.54, 1.807) is 6.08 Å². The van der Waals surface area contributed by atoms with Crippen molar-refractivity contribution in [2.45, 2.75) is 19.4 Å². The molecule has 0 fully saturated rings. The molecular weight excluding hydrogens is 223 g/mol. The highest BCUT2D eigenvalue weighted by Crippen LogP contribution is 2.13. The highest BCUT2D eigenvalue weighted by atomic mass is 19.1. The Balaban J connectivity index is 2.59. The molecule has 0 saturated carbocycles. The van der Waals surface area contributed by atoms with Crippen molar-refractivity contribution in [2.24, 2.45) is 0 Å². The van der Waals surface area contributed by atoms with Gasteiger partial charge in [0.15, 0.2) is 0 Å². The van der Waals surface area contributed by atoms with Crippen LogP contribution in [0.4, 0.5) is 4.39 Å². The fourth-order valence-electron chi connectivity index (χ4n) is 1.40. The Morgan fingerprint density at radius 2 is 2.29 bits per heavy atom. The number of benzene rings is 1. The maximum absolute atomic E-state index is 13.0. The van der Waals surface area contributed by atoms with Crippen molar-refractivity contribution in [3.63, 3.8) is 0 Å². The number of aromatic carboxylic acids is 1. The van der Waals surface area contributed by atoms with E-state index in [9.17, 15) is 9.18 Å². The topological polar surface area (TPSA) is 46.5 Å². The Hall–Kier alpha value is -1.68. The molecule has 0 aliphatic carbocycles. The molecule has 0 saturated heterocycles. The number of allylic oxidation sites excluding steroid dienone is 1. The summed E-state index contributed by atoms with van der Waals surface area (Å²) in [7, 11) is 0. The molecule has 1 N–H and O–H groups in total. The van der Waals surface area contributed by atoms with Gasteiger partial charge in [-0.3, -0.25) is 0 Å². The molecule has 0 aliphatic rings. The van der Waals surface area contributed by atoms with Gasteiger partial charge in [-0.25, -0.2) is 9.18 Å². The third-order valence-electron chi connectivity index (χ3n) is 2.25. The molecule has 4 heteroatoms. The summed E-state index contributed by atoms with van der Waals surface area (Å²) in [6.45, 7) is 4.19. The average molecular weight is 238 g/mol. The largest absolute Gasteiger partial charge is 0.478 e. The fourth-order valence-corrected chi connectivity index (χ4v) is 1.40. The van der Waals surface area contributed by atoms with Gasteiger partial charge in [0.2, 0.25) is 0 Å². The van der Waals surface area contributed by atoms with Crippen LogP contribution in [0.3, 0.4) is 0 Å². The first kappa shape index (κ1) is 13.4. The molecule has 0 amide bonds. The van der Waals surface area contributed by atoms with Gasteiger partial charge in [-0.05, 0) is 36.6 Å². The van der Waals surface area contributed by atoms with Crippen LogP contribution in [0.5, 0.6) is 0 Å². The van der Waals surface area contributed by atoms with Crippen LogP contribution >= 0.6 is 0 Å². The van der Waals surface area contributed by atoms with Crippen molar-refractivity contribution in [3.05, 3.63) is 47.8 Å². The molecule has 0 radical (unpaired) electrons. The van der Waals surface area contributed by atoms with E-state index in [2.05, 4.69) is 6.58 Å². The van der Waals surface area contributed by atoms with E-state index in [-0.39, 0.29) is 12.2 Å². The van der Waals surface area contributed by atoms with Crippen LogP contribution in [0.1, 0.15) is 28.8 Å². The molecule has 3 nitrogen and oxygen atoms in total. The number of halogens is 1. The van der Waals surface area contributed by atoms with E-state index in [0.29, 0.717) is 12.2 Å². The minimum absolute atomic E-state index is 0.0788. The summed E-state index contributed by atoms with van der Waals surface area (Å²) in [5.41, 5.74) is 0.436. The molecule has 0 aromatic heterocycles. The first-order valence-corrected chi connectivity index (χ1v) is 5.35. The lowest BCUT2D eigenvalue weighted by molar-refractivity contribution is 0.0687. The van der Waals surface area contributed by atoms with E-state index in [4.69, 9.17) is 9.84 Å². The third-order valence-corrected chi connectivity index (χ3v) is 2.25. The molecule has 0 atom stereocenters. The lowest BCUT2D eigenvalue weighted by atomic mass is 10.1. The lowest BCUT2D eigenvalue weighted by Crippen LogP contribution is -2.05. The number of carboxylic acid groups (broad SMARTS) is 1.